The molecule has 88 valence electrons. The van der Waals surface area contributed by atoms with Gasteiger partial charge in [0.25, 0.3) is 6.47 Å². The zero-order valence-corrected chi connectivity index (χ0v) is 10.0. The predicted octanol–water partition coefficient (Wildman–Crippen LogP) is 2.09. The van der Waals surface area contributed by atoms with Gasteiger partial charge in [-0.3, -0.25) is 4.79 Å². The van der Waals surface area contributed by atoms with Crippen LogP contribution in [0.25, 0.3) is 0 Å². The standard InChI is InChI=1S/C12H23NO2/c1-9(2)10(3)12(13)6-4-5-11(7-12)15-8-14/h8-11H,4-7,13H2,1-3H3. The summed E-state index contributed by atoms with van der Waals surface area (Å²) >= 11 is 0. The van der Waals surface area contributed by atoms with Crippen LogP contribution in [0.2, 0.25) is 0 Å². The highest BCUT2D eigenvalue weighted by atomic mass is 16.5. The number of carbonyl (C=O) groups is 1. The highest BCUT2D eigenvalue weighted by Gasteiger charge is 2.39. The fraction of sp³-hybridized carbons (Fsp3) is 0.917. The molecule has 3 heteroatoms. The van der Waals surface area contributed by atoms with Gasteiger partial charge in [0.2, 0.25) is 0 Å². The summed E-state index contributed by atoms with van der Waals surface area (Å²) in [4.78, 5) is 10.3. The Hall–Kier alpha value is -0.570. The molecule has 3 nitrogen and oxygen atoms in total. The third-order valence-electron chi connectivity index (χ3n) is 3.93. The Bertz CT molecular complexity index is 218. The minimum atomic E-state index is -0.153. The minimum absolute atomic E-state index is 0.0300. The third kappa shape index (κ3) is 2.94. The maximum Gasteiger partial charge on any atom is 0.293 e. The van der Waals surface area contributed by atoms with Crippen LogP contribution in [0.15, 0.2) is 0 Å². The second kappa shape index (κ2) is 4.97. The van der Waals surface area contributed by atoms with E-state index in [1.54, 1.807) is 0 Å². The topological polar surface area (TPSA) is 52.3 Å². The van der Waals surface area contributed by atoms with E-state index in [4.69, 9.17) is 10.5 Å². The van der Waals surface area contributed by atoms with Crippen LogP contribution in [-0.2, 0) is 9.53 Å². The molecule has 1 rings (SSSR count). The summed E-state index contributed by atoms with van der Waals surface area (Å²) in [5.41, 5.74) is 6.28. The summed E-state index contributed by atoms with van der Waals surface area (Å²) in [6, 6.07) is 0. The highest BCUT2D eigenvalue weighted by molar-refractivity contribution is 5.37. The van der Waals surface area contributed by atoms with Gasteiger partial charge in [0, 0.05) is 12.0 Å². The Balaban J connectivity index is 2.63. The van der Waals surface area contributed by atoms with Gasteiger partial charge in [-0.2, -0.15) is 0 Å². The van der Waals surface area contributed by atoms with Gasteiger partial charge in [-0.1, -0.05) is 20.8 Å². The molecule has 0 saturated heterocycles. The molecule has 0 aliphatic heterocycles. The van der Waals surface area contributed by atoms with E-state index >= 15 is 0 Å². The molecular weight excluding hydrogens is 190 g/mol. The zero-order valence-electron chi connectivity index (χ0n) is 10.0. The Morgan fingerprint density at radius 1 is 1.47 bits per heavy atom. The van der Waals surface area contributed by atoms with Gasteiger partial charge in [0.15, 0.2) is 0 Å². The van der Waals surface area contributed by atoms with E-state index < -0.39 is 0 Å². The average Bonchev–Trinajstić information content (AvgIpc) is 2.17. The quantitative estimate of drug-likeness (QED) is 0.727. The molecule has 1 aliphatic carbocycles. The molecular formula is C12H23NO2. The van der Waals surface area contributed by atoms with Crippen molar-refractivity contribution in [3.63, 3.8) is 0 Å². The molecule has 0 amide bonds. The molecule has 0 heterocycles. The van der Waals surface area contributed by atoms with Gasteiger partial charge in [0.05, 0.1) is 0 Å². The van der Waals surface area contributed by atoms with Crippen molar-refractivity contribution in [1.82, 2.24) is 0 Å². The third-order valence-corrected chi connectivity index (χ3v) is 3.93. The Kier molecular flexibility index (Phi) is 4.14. The average molecular weight is 213 g/mol. The Morgan fingerprint density at radius 2 is 2.13 bits per heavy atom. The fourth-order valence-corrected chi connectivity index (χ4v) is 2.56. The van der Waals surface area contributed by atoms with Crippen LogP contribution in [0.4, 0.5) is 0 Å². The van der Waals surface area contributed by atoms with Crippen LogP contribution in [0.5, 0.6) is 0 Å². The first-order valence-electron chi connectivity index (χ1n) is 5.87. The van der Waals surface area contributed by atoms with E-state index in [0.29, 0.717) is 18.3 Å². The number of carbonyl (C=O) groups excluding carboxylic acids is 1. The molecule has 3 unspecified atom stereocenters. The van der Waals surface area contributed by atoms with E-state index in [-0.39, 0.29) is 11.6 Å². The minimum Gasteiger partial charge on any atom is -0.465 e. The first kappa shape index (κ1) is 12.5. The van der Waals surface area contributed by atoms with Gasteiger partial charge in [-0.25, -0.2) is 0 Å². The first-order valence-corrected chi connectivity index (χ1v) is 5.87. The van der Waals surface area contributed by atoms with E-state index in [9.17, 15) is 4.79 Å². The summed E-state index contributed by atoms with van der Waals surface area (Å²) in [5.74, 6) is 1.04. The molecule has 0 bridgehead atoms. The summed E-state index contributed by atoms with van der Waals surface area (Å²) in [5, 5.41) is 0. The normalized spacial score (nSPS) is 33.8. The molecule has 1 aliphatic rings. The van der Waals surface area contributed by atoms with Gasteiger partial charge in [0.1, 0.15) is 6.10 Å². The molecule has 1 saturated carbocycles. The van der Waals surface area contributed by atoms with E-state index in [1.807, 2.05) is 0 Å². The van der Waals surface area contributed by atoms with Crippen LogP contribution >= 0.6 is 0 Å². The van der Waals surface area contributed by atoms with Crippen molar-refractivity contribution >= 4 is 6.47 Å². The van der Waals surface area contributed by atoms with Crippen molar-refractivity contribution in [2.45, 2.75) is 58.1 Å². The van der Waals surface area contributed by atoms with E-state index in [0.717, 1.165) is 25.7 Å². The molecule has 0 spiro atoms. The van der Waals surface area contributed by atoms with Gasteiger partial charge >= 0.3 is 0 Å². The number of nitrogens with two attached hydrogens (primary N) is 1. The molecule has 15 heavy (non-hydrogen) atoms. The number of hydrogen-bond acceptors (Lipinski definition) is 3. The molecule has 1 fully saturated rings. The van der Waals surface area contributed by atoms with Crippen LogP contribution in [0, 0.1) is 11.8 Å². The lowest BCUT2D eigenvalue weighted by Gasteiger charge is -2.43. The van der Waals surface area contributed by atoms with Crippen molar-refractivity contribution in [2.24, 2.45) is 17.6 Å². The lowest BCUT2D eigenvalue weighted by atomic mass is 9.69. The predicted molar refractivity (Wildman–Crippen MR) is 60.3 cm³/mol. The van der Waals surface area contributed by atoms with Gasteiger partial charge in [-0.05, 0) is 31.1 Å². The van der Waals surface area contributed by atoms with Gasteiger partial charge in [-0.15, -0.1) is 0 Å². The smallest absolute Gasteiger partial charge is 0.293 e. The molecule has 2 N–H and O–H groups in total. The Morgan fingerprint density at radius 3 is 2.67 bits per heavy atom. The largest absolute Gasteiger partial charge is 0.465 e. The maximum atomic E-state index is 10.3. The zero-order chi connectivity index (χ0) is 11.5. The second-order valence-corrected chi connectivity index (χ2v) is 5.22. The lowest BCUT2D eigenvalue weighted by Crippen LogP contribution is -2.52. The summed E-state index contributed by atoms with van der Waals surface area (Å²) < 4.78 is 5.05. The van der Waals surface area contributed by atoms with Crippen LogP contribution in [-0.4, -0.2) is 18.1 Å². The second-order valence-electron chi connectivity index (χ2n) is 5.22. The van der Waals surface area contributed by atoms with Crippen molar-refractivity contribution in [3.8, 4) is 0 Å². The maximum absolute atomic E-state index is 10.3. The summed E-state index contributed by atoms with van der Waals surface area (Å²) in [7, 11) is 0. The highest BCUT2D eigenvalue weighted by Crippen LogP contribution is 2.36. The lowest BCUT2D eigenvalue weighted by molar-refractivity contribution is -0.136. The fourth-order valence-electron chi connectivity index (χ4n) is 2.56. The summed E-state index contributed by atoms with van der Waals surface area (Å²) in [6.45, 7) is 7.15. The Labute approximate surface area is 92.4 Å². The molecule has 0 aromatic heterocycles. The molecule has 0 radical (unpaired) electrons. The van der Waals surface area contributed by atoms with Crippen molar-refractivity contribution in [2.75, 3.05) is 0 Å². The molecule has 0 aromatic rings. The van der Waals surface area contributed by atoms with E-state index in [1.165, 1.54) is 0 Å². The molecule has 3 atom stereocenters. The number of hydrogen-bond donors (Lipinski definition) is 1. The number of ether oxygens (including phenoxy) is 1. The van der Waals surface area contributed by atoms with E-state index in [2.05, 4.69) is 20.8 Å². The van der Waals surface area contributed by atoms with Crippen molar-refractivity contribution in [3.05, 3.63) is 0 Å². The van der Waals surface area contributed by atoms with Crippen molar-refractivity contribution < 1.29 is 9.53 Å². The van der Waals surface area contributed by atoms with Crippen LogP contribution < -0.4 is 5.73 Å². The summed E-state index contributed by atoms with van der Waals surface area (Å²) in [6.07, 6.45) is 3.91. The van der Waals surface area contributed by atoms with Crippen LogP contribution in [0.1, 0.15) is 46.5 Å². The molecule has 0 aromatic carbocycles. The van der Waals surface area contributed by atoms with Gasteiger partial charge < -0.3 is 10.5 Å². The number of rotatable bonds is 4. The SMILES string of the molecule is CC(C)C(C)C1(N)CCCC(OC=O)C1. The van der Waals surface area contributed by atoms with Crippen molar-refractivity contribution in [1.29, 1.82) is 0 Å². The monoisotopic (exact) mass is 213 g/mol. The van der Waals surface area contributed by atoms with Crippen LogP contribution in [0.3, 0.4) is 0 Å². The first-order chi connectivity index (χ1) is 6.99.